The van der Waals surface area contributed by atoms with Crippen LogP contribution in [0.3, 0.4) is 0 Å². The summed E-state index contributed by atoms with van der Waals surface area (Å²) in [5.41, 5.74) is -0.495. The molecule has 0 aliphatic carbocycles. The zero-order valence-corrected chi connectivity index (χ0v) is 25.4. The summed E-state index contributed by atoms with van der Waals surface area (Å²) >= 11 is 0. The Kier molecular flexibility index (Phi) is 11.7. The highest BCUT2D eigenvalue weighted by atomic mass is 16.6. The van der Waals surface area contributed by atoms with Crippen molar-refractivity contribution in [2.24, 2.45) is 5.41 Å². The van der Waals surface area contributed by atoms with Crippen LogP contribution in [0.15, 0.2) is 43.0 Å². The van der Waals surface area contributed by atoms with Crippen molar-refractivity contribution >= 4 is 29.6 Å². The molecule has 10 heteroatoms. The molecule has 3 N–H and O–H groups in total. The van der Waals surface area contributed by atoms with E-state index in [1.54, 1.807) is 20.8 Å². The summed E-state index contributed by atoms with van der Waals surface area (Å²) in [4.78, 5) is 67.2. The van der Waals surface area contributed by atoms with Crippen LogP contribution in [0, 0.1) is 5.41 Å². The quantitative estimate of drug-likeness (QED) is 0.276. The molecule has 1 saturated heterocycles. The van der Waals surface area contributed by atoms with E-state index in [9.17, 15) is 24.0 Å². The average Bonchev–Trinajstić information content (AvgIpc) is 3.34. The van der Waals surface area contributed by atoms with Crippen molar-refractivity contribution in [2.45, 2.75) is 97.4 Å². The zero-order valence-electron chi connectivity index (χ0n) is 25.4. The second-order valence-electron chi connectivity index (χ2n) is 12.5. The first kappa shape index (κ1) is 33.5. The SMILES string of the molecule is C=CCNC(=O)C(=O)C(CCC)NC(=O)C1CC(c2ccccc2)CN1C(=O)C(NC(=O)OC(C)(C)C)C(C)(C)C. The van der Waals surface area contributed by atoms with Gasteiger partial charge in [-0.2, -0.15) is 0 Å². The van der Waals surface area contributed by atoms with E-state index in [1.165, 1.54) is 11.0 Å². The Labute approximate surface area is 243 Å². The number of likely N-dealkylation sites (tertiary alicyclic amines) is 1. The fourth-order valence-corrected chi connectivity index (χ4v) is 4.77. The van der Waals surface area contributed by atoms with Gasteiger partial charge in [0.2, 0.25) is 17.6 Å². The van der Waals surface area contributed by atoms with Crippen LogP contribution < -0.4 is 16.0 Å². The van der Waals surface area contributed by atoms with Crippen LogP contribution >= 0.6 is 0 Å². The first-order chi connectivity index (χ1) is 19.1. The van der Waals surface area contributed by atoms with Crippen molar-refractivity contribution in [2.75, 3.05) is 13.1 Å². The normalized spacial score (nSPS) is 18.6. The first-order valence-corrected chi connectivity index (χ1v) is 14.2. The molecule has 4 unspecified atom stereocenters. The predicted molar refractivity (Wildman–Crippen MR) is 157 cm³/mol. The Hall–Kier alpha value is -3.69. The first-order valence-electron chi connectivity index (χ1n) is 14.2. The minimum Gasteiger partial charge on any atom is -0.444 e. The van der Waals surface area contributed by atoms with Crippen molar-refractivity contribution in [1.82, 2.24) is 20.9 Å². The third-order valence-electron chi connectivity index (χ3n) is 6.77. The lowest BCUT2D eigenvalue weighted by molar-refractivity contribution is -0.144. The Morgan fingerprint density at radius 2 is 1.68 bits per heavy atom. The Bertz CT molecular complexity index is 1110. The number of alkyl carbamates (subject to hydrolysis) is 1. The van der Waals surface area contributed by atoms with Gasteiger partial charge in [-0.1, -0.05) is 70.5 Å². The van der Waals surface area contributed by atoms with E-state index < -0.39 is 58.7 Å². The van der Waals surface area contributed by atoms with E-state index in [0.29, 0.717) is 12.8 Å². The monoisotopic (exact) mass is 570 g/mol. The molecule has 0 saturated carbocycles. The van der Waals surface area contributed by atoms with Crippen LogP contribution in [0.5, 0.6) is 0 Å². The summed E-state index contributed by atoms with van der Waals surface area (Å²) in [6.45, 7) is 16.4. The van der Waals surface area contributed by atoms with E-state index >= 15 is 0 Å². The van der Waals surface area contributed by atoms with Gasteiger partial charge in [-0.3, -0.25) is 19.2 Å². The molecular formula is C31H46N4O6. The Balaban J connectivity index is 2.39. The molecule has 41 heavy (non-hydrogen) atoms. The van der Waals surface area contributed by atoms with Gasteiger partial charge in [-0.05, 0) is 44.6 Å². The maximum atomic E-state index is 14.1. The molecule has 1 fully saturated rings. The predicted octanol–water partition coefficient (Wildman–Crippen LogP) is 3.47. The number of amides is 4. The molecule has 1 aliphatic heterocycles. The second-order valence-corrected chi connectivity index (χ2v) is 12.5. The molecular weight excluding hydrogens is 524 g/mol. The molecule has 0 bridgehead atoms. The number of rotatable bonds is 11. The number of carbonyl (C=O) groups excluding carboxylic acids is 5. The highest BCUT2D eigenvalue weighted by Gasteiger charge is 2.46. The lowest BCUT2D eigenvalue weighted by Gasteiger charge is -2.36. The van der Waals surface area contributed by atoms with Gasteiger partial charge in [0, 0.05) is 19.0 Å². The molecule has 0 spiro atoms. The molecule has 10 nitrogen and oxygen atoms in total. The molecule has 0 aromatic heterocycles. The molecule has 1 aromatic rings. The van der Waals surface area contributed by atoms with Crippen LogP contribution in [0.4, 0.5) is 4.79 Å². The standard InChI is InChI=1S/C31H46N4O6/c1-9-14-22(24(36)27(38)32-17-10-2)33-26(37)23-18-21(20-15-12-11-13-16-20)19-35(23)28(39)25(30(3,4)5)34-29(40)41-31(6,7)8/h10-13,15-16,21-23,25H,2,9,14,17-19H2,1,3-8H3,(H,32,38)(H,33,37)(H,34,40). The average molecular weight is 571 g/mol. The minimum absolute atomic E-state index is 0.125. The van der Waals surface area contributed by atoms with Gasteiger partial charge in [-0.25, -0.2) is 4.79 Å². The van der Waals surface area contributed by atoms with Crippen LogP contribution in [-0.2, 0) is 23.9 Å². The molecule has 226 valence electrons. The number of nitrogens with one attached hydrogen (secondary N) is 3. The van der Waals surface area contributed by atoms with E-state index in [1.807, 2.05) is 58.0 Å². The topological polar surface area (TPSA) is 134 Å². The van der Waals surface area contributed by atoms with Crippen LogP contribution in [0.25, 0.3) is 0 Å². The highest BCUT2D eigenvalue weighted by molar-refractivity contribution is 6.38. The number of ketones is 1. The number of nitrogens with zero attached hydrogens (tertiary/aromatic N) is 1. The minimum atomic E-state index is -1.04. The van der Waals surface area contributed by atoms with Gasteiger partial charge in [0.15, 0.2) is 0 Å². The van der Waals surface area contributed by atoms with E-state index in [2.05, 4.69) is 22.5 Å². The lowest BCUT2D eigenvalue weighted by atomic mass is 9.85. The van der Waals surface area contributed by atoms with Gasteiger partial charge in [0.05, 0.1) is 6.04 Å². The molecule has 1 aromatic carbocycles. The molecule has 4 atom stereocenters. The third kappa shape index (κ3) is 9.72. The number of carbonyl (C=O) groups is 5. The fraction of sp³-hybridized carbons (Fsp3) is 0.581. The summed E-state index contributed by atoms with van der Waals surface area (Å²) in [6, 6.07) is 6.64. The van der Waals surface area contributed by atoms with Crippen LogP contribution in [-0.4, -0.2) is 71.3 Å². The molecule has 4 amide bonds. The Morgan fingerprint density at radius 3 is 2.22 bits per heavy atom. The maximum Gasteiger partial charge on any atom is 0.408 e. The third-order valence-corrected chi connectivity index (χ3v) is 6.77. The molecule has 1 aliphatic rings. The fourth-order valence-electron chi connectivity index (χ4n) is 4.77. The van der Waals surface area contributed by atoms with Crippen LogP contribution in [0.2, 0.25) is 0 Å². The highest BCUT2D eigenvalue weighted by Crippen LogP contribution is 2.34. The van der Waals surface area contributed by atoms with Gasteiger partial charge in [0.25, 0.3) is 5.91 Å². The van der Waals surface area contributed by atoms with E-state index in [-0.39, 0.29) is 25.4 Å². The van der Waals surface area contributed by atoms with E-state index in [0.717, 1.165) is 5.56 Å². The second kappa shape index (κ2) is 14.3. The van der Waals surface area contributed by atoms with Crippen molar-refractivity contribution < 1.29 is 28.7 Å². The largest absolute Gasteiger partial charge is 0.444 e. The van der Waals surface area contributed by atoms with Gasteiger partial charge >= 0.3 is 6.09 Å². The number of hydrogen-bond acceptors (Lipinski definition) is 6. The molecule has 1 heterocycles. The van der Waals surface area contributed by atoms with Crippen molar-refractivity contribution in [1.29, 1.82) is 0 Å². The number of hydrogen-bond donors (Lipinski definition) is 3. The number of benzene rings is 1. The van der Waals surface area contributed by atoms with Gasteiger partial charge in [0.1, 0.15) is 17.7 Å². The zero-order chi connectivity index (χ0) is 31.0. The summed E-state index contributed by atoms with van der Waals surface area (Å²) in [5.74, 6) is -2.65. The number of ether oxygens (including phenoxy) is 1. The Morgan fingerprint density at radius 1 is 1.05 bits per heavy atom. The molecule has 2 rings (SSSR count). The van der Waals surface area contributed by atoms with Gasteiger partial charge in [-0.15, -0.1) is 6.58 Å². The van der Waals surface area contributed by atoms with Crippen molar-refractivity contribution in [3.05, 3.63) is 48.6 Å². The van der Waals surface area contributed by atoms with Crippen molar-refractivity contribution in [3.63, 3.8) is 0 Å². The summed E-state index contributed by atoms with van der Waals surface area (Å²) in [5, 5.41) is 7.92. The van der Waals surface area contributed by atoms with E-state index in [4.69, 9.17) is 4.74 Å². The summed E-state index contributed by atoms with van der Waals surface area (Å²) in [7, 11) is 0. The maximum absolute atomic E-state index is 14.1. The number of Topliss-reactive ketones (excluding diaryl/α,β-unsaturated/α-hetero) is 1. The lowest BCUT2D eigenvalue weighted by Crippen LogP contribution is -2.59. The van der Waals surface area contributed by atoms with Crippen molar-refractivity contribution in [3.8, 4) is 0 Å². The van der Waals surface area contributed by atoms with Crippen LogP contribution in [0.1, 0.15) is 79.2 Å². The summed E-state index contributed by atoms with van der Waals surface area (Å²) in [6.07, 6.45) is 1.86. The summed E-state index contributed by atoms with van der Waals surface area (Å²) < 4.78 is 5.42. The smallest absolute Gasteiger partial charge is 0.408 e. The molecule has 0 radical (unpaired) electrons. The van der Waals surface area contributed by atoms with Gasteiger partial charge < -0.3 is 25.6 Å².